The molecule has 0 unspecified atom stereocenters. The average Bonchev–Trinajstić information content (AvgIpc) is 3.04. The van der Waals surface area contributed by atoms with Gasteiger partial charge in [-0.05, 0) is 55.6 Å². The van der Waals surface area contributed by atoms with E-state index in [1.165, 1.54) is 19.2 Å². The van der Waals surface area contributed by atoms with E-state index in [0.717, 1.165) is 26.1 Å². The third-order valence-electron chi connectivity index (χ3n) is 8.82. The number of unbranched alkanes of at least 4 members (excludes halogenated alkanes) is 1. The van der Waals surface area contributed by atoms with Gasteiger partial charge in [-0.25, -0.2) is 0 Å². The number of carbonyl (C=O) groups excluding carboxylic acids is 3. The van der Waals surface area contributed by atoms with E-state index in [1.54, 1.807) is 7.11 Å². The average molecular weight is 666 g/mol. The lowest BCUT2D eigenvalue weighted by Crippen LogP contribution is -2.45. The van der Waals surface area contributed by atoms with Crippen molar-refractivity contribution in [1.29, 1.82) is 0 Å². The van der Waals surface area contributed by atoms with E-state index in [0.29, 0.717) is 45.8 Å². The topological polar surface area (TPSA) is 188 Å². The van der Waals surface area contributed by atoms with Crippen LogP contribution in [0.5, 0.6) is 11.5 Å². The standard InChI is InChI=1S/C34H59N5O8/c1-22(2)24(19-28(35)29(40)20-27(23(3)4)34(43)37-11-12-39-13-17-46-18-14-39)21-38-33(42)26-10-9-25(32(36)41)30(45-6)31(26)47-16-8-7-15-44-5/h9-10,22-24,27-29,40H,7-8,11-21,35H2,1-6H3,(H2,36,41)(H,37,43)(H,38,42)/t24-,27+,28+,29+/m1/s1. The Hall–Kier alpha value is -2.97. The maximum absolute atomic E-state index is 13.5. The number of aliphatic hydroxyl groups excluding tert-OH is 1. The van der Waals surface area contributed by atoms with Gasteiger partial charge in [0.05, 0.1) is 44.2 Å². The second-order valence-corrected chi connectivity index (χ2v) is 12.9. The van der Waals surface area contributed by atoms with E-state index in [9.17, 15) is 19.5 Å². The number of hydrogen-bond acceptors (Lipinski definition) is 10. The molecule has 0 radical (unpaired) electrons. The highest BCUT2D eigenvalue weighted by molar-refractivity contribution is 6.02. The van der Waals surface area contributed by atoms with Gasteiger partial charge in [-0.1, -0.05) is 27.7 Å². The van der Waals surface area contributed by atoms with E-state index in [2.05, 4.69) is 15.5 Å². The number of aliphatic hydroxyl groups is 1. The Morgan fingerprint density at radius 1 is 0.957 bits per heavy atom. The summed E-state index contributed by atoms with van der Waals surface area (Å²) < 4.78 is 21.9. The van der Waals surface area contributed by atoms with Gasteiger partial charge in [-0.15, -0.1) is 0 Å². The van der Waals surface area contributed by atoms with Crippen LogP contribution < -0.4 is 31.6 Å². The van der Waals surface area contributed by atoms with Crippen molar-refractivity contribution in [2.45, 2.75) is 65.5 Å². The Balaban J connectivity index is 2.03. The van der Waals surface area contributed by atoms with E-state index in [1.807, 2.05) is 27.7 Å². The number of primary amides is 1. The number of nitrogens with two attached hydrogens (primary N) is 2. The predicted molar refractivity (Wildman–Crippen MR) is 181 cm³/mol. The molecule has 1 fully saturated rings. The van der Waals surface area contributed by atoms with Crippen molar-refractivity contribution < 1.29 is 38.4 Å². The zero-order valence-corrected chi connectivity index (χ0v) is 29.2. The number of rotatable bonds is 22. The van der Waals surface area contributed by atoms with Crippen molar-refractivity contribution in [2.75, 3.05) is 73.4 Å². The van der Waals surface area contributed by atoms with Crippen molar-refractivity contribution in [3.63, 3.8) is 0 Å². The Kier molecular flexibility index (Phi) is 18.0. The Morgan fingerprint density at radius 2 is 1.62 bits per heavy atom. The Morgan fingerprint density at radius 3 is 2.21 bits per heavy atom. The van der Waals surface area contributed by atoms with Crippen molar-refractivity contribution in [3.8, 4) is 11.5 Å². The molecular formula is C34H59N5O8. The molecule has 0 spiro atoms. The maximum Gasteiger partial charge on any atom is 0.255 e. The van der Waals surface area contributed by atoms with Gasteiger partial charge in [0.15, 0.2) is 11.5 Å². The van der Waals surface area contributed by atoms with Crippen molar-refractivity contribution in [2.24, 2.45) is 35.1 Å². The molecule has 0 bridgehead atoms. The Bertz CT molecular complexity index is 1110. The summed E-state index contributed by atoms with van der Waals surface area (Å²) >= 11 is 0. The van der Waals surface area contributed by atoms with Crippen LogP contribution in [0.2, 0.25) is 0 Å². The minimum atomic E-state index is -0.895. The molecule has 1 heterocycles. The second kappa shape index (κ2) is 21.1. The van der Waals surface area contributed by atoms with Gasteiger partial charge in [0.2, 0.25) is 5.91 Å². The lowest BCUT2D eigenvalue weighted by molar-refractivity contribution is -0.127. The monoisotopic (exact) mass is 665 g/mol. The highest BCUT2D eigenvalue weighted by Gasteiger charge is 2.30. The molecule has 13 nitrogen and oxygen atoms in total. The zero-order valence-electron chi connectivity index (χ0n) is 29.2. The SMILES string of the molecule is COCCCCOc1c(C(=O)NC[C@@H](C[C@H](N)[C@@H](O)C[C@H](C(=O)NCCN2CCOCC2)C(C)C)C(C)C)ccc(C(N)=O)c1OC. The van der Waals surface area contributed by atoms with Crippen molar-refractivity contribution >= 4 is 17.7 Å². The molecule has 3 amide bonds. The molecule has 0 aromatic heterocycles. The van der Waals surface area contributed by atoms with Crippen molar-refractivity contribution in [1.82, 2.24) is 15.5 Å². The number of carbonyl (C=O) groups is 3. The summed E-state index contributed by atoms with van der Waals surface area (Å²) in [5, 5.41) is 17.1. The summed E-state index contributed by atoms with van der Waals surface area (Å²) in [7, 11) is 3.01. The molecule has 0 aliphatic carbocycles. The minimum Gasteiger partial charge on any atom is -0.492 e. The lowest BCUT2D eigenvalue weighted by Gasteiger charge is -2.30. The summed E-state index contributed by atoms with van der Waals surface area (Å²) in [6.45, 7) is 13.6. The van der Waals surface area contributed by atoms with Crippen LogP contribution in [-0.4, -0.2) is 113 Å². The van der Waals surface area contributed by atoms with Crippen LogP contribution in [0.3, 0.4) is 0 Å². The molecule has 0 saturated carbocycles. The number of morpholine rings is 1. The number of methoxy groups -OCH3 is 2. The van der Waals surface area contributed by atoms with Crippen LogP contribution in [0, 0.1) is 23.7 Å². The van der Waals surface area contributed by atoms with E-state index in [-0.39, 0.29) is 65.2 Å². The Labute approximate surface area is 280 Å². The van der Waals surface area contributed by atoms with Crippen LogP contribution >= 0.6 is 0 Å². The second-order valence-electron chi connectivity index (χ2n) is 12.9. The summed E-state index contributed by atoms with van der Waals surface area (Å²) in [4.78, 5) is 40.8. The van der Waals surface area contributed by atoms with E-state index in [4.69, 9.17) is 30.4 Å². The fraction of sp³-hybridized carbons (Fsp3) is 0.735. The van der Waals surface area contributed by atoms with Gasteiger partial charge in [0.1, 0.15) is 0 Å². The number of benzene rings is 1. The van der Waals surface area contributed by atoms with Gasteiger partial charge in [-0.2, -0.15) is 0 Å². The first-order valence-corrected chi connectivity index (χ1v) is 16.8. The van der Waals surface area contributed by atoms with Crippen LogP contribution in [-0.2, 0) is 14.3 Å². The first-order valence-electron chi connectivity index (χ1n) is 16.8. The molecule has 2 rings (SSSR count). The molecule has 1 aromatic carbocycles. The molecule has 1 saturated heterocycles. The van der Waals surface area contributed by atoms with Crippen LogP contribution in [0.15, 0.2) is 12.1 Å². The molecule has 7 N–H and O–H groups in total. The lowest BCUT2D eigenvalue weighted by atomic mass is 9.83. The fourth-order valence-electron chi connectivity index (χ4n) is 5.63. The van der Waals surface area contributed by atoms with Crippen LogP contribution in [0.1, 0.15) is 74.1 Å². The molecular weight excluding hydrogens is 606 g/mol. The molecule has 47 heavy (non-hydrogen) atoms. The summed E-state index contributed by atoms with van der Waals surface area (Å²) in [5.41, 5.74) is 12.4. The molecule has 1 aliphatic rings. The van der Waals surface area contributed by atoms with Crippen LogP contribution in [0.4, 0.5) is 0 Å². The molecule has 1 aliphatic heterocycles. The number of ether oxygens (including phenoxy) is 4. The van der Waals surface area contributed by atoms with Crippen molar-refractivity contribution in [3.05, 3.63) is 23.3 Å². The summed E-state index contributed by atoms with van der Waals surface area (Å²) in [6.07, 6.45) is 1.22. The largest absolute Gasteiger partial charge is 0.492 e. The minimum absolute atomic E-state index is 0.0229. The van der Waals surface area contributed by atoms with E-state index >= 15 is 0 Å². The fourth-order valence-corrected chi connectivity index (χ4v) is 5.63. The number of nitrogens with zero attached hydrogens (tertiary/aromatic N) is 1. The zero-order chi connectivity index (χ0) is 34.9. The first-order chi connectivity index (χ1) is 22.4. The molecule has 13 heteroatoms. The molecule has 1 aromatic rings. The smallest absolute Gasteiger partial charge is 0.255 e. The quantitative estimate of drug-likeness (QED) is 0.114. The highest BCUT2D eigenvalue weighted by atomic mass is 16.5. The van der Waals surface area contributed by atoms with Crippen LogP contribution in [0.25, 0.3) is 0 Å². The summed E-state index contributed by atoms with van der Waals surface area (Å²) in [6, 6.07) is 2.35. The number of nitrogens with one attached hydrogen (secondary N) is 2. The van der Waals surface area contributed by atoms with Gasteiger partial charge < -0.3 is 46.2 Å². The molecule has 268 valence electrons. The van der Waals surface area contributed by atoms with Gasteiger partial charge >= 0.3 is 0 Å². The number of hydrogen-bond donors (Lipinski definition) is 5. The summed E-state index contributed by atoms with van der Waals surface area (Å²) in [5.74, 6) is -1.21. The van der Waals surface area contributed by atoms with E-state index < -0.39 is 24.0 Å². The maximum atomic E-state index is 13.5. The predicted octanol–water partition coefficient (Wildman–Crippen LogP) is 1.79. The molecule has 4 atom stereocenters. The third kappa shape index (κ3) is 13.2. The number of amides is 3. The third-order valence-corrected chi connectivity index (χ3v) is 8.82. The highest BCUT2D eigenvalue weighted by Crippen LogP contribution is 2.35. The first kappa shape index (κ1) is 40.2. The van der Waals surface area contributed by atoms with Gasteiger partial charge in [0, 0.05) is 58.4 Å². The van der Waals surface area contributed by atoms with Gasteiger partial charge in [-0.3, -0.25) is 19.3 Å². The van der Waals surface area contributed by atoms with Gasteiger partial charge in [0.25, 0.3) is 11.8 Å². The normalized spacial score (nSPS) is 16.4.